The number of aliphatic hydroxyl groups is 1. The van der Waals surface area contributed by atoms with E-state index in [-0.39, 0.29) is 12.5 Å². The summed E-state index contributed by atoms with van der Waals surface area (Å²) in [6, 6.07) is 0. The smallest absolute Gasteiger partial charge is 0.233 e. The van der Waals surface area contributed by atoms with Crippen molar-refractivity contribution in [2.24, 2.45) is 0 Å². The molecular formula is C9H20N2O2. The molecule has 13 heavy (non-hydrogen) atoms. The zero-order valence-electron chi connectivity index (χ0n) is 8.31. The number of carbonyl (C=O) groups excluding carboxylic acids is 1. The molecule has 4 heteroatoms. The molecule has 0 aromatic heterocycles. The number of amides is 1. The van der Waals surface area contributed by atoms with E-state index in [0.29, 0.717) is 6.54 Å². The summed E-state index contributed by atoms with van der Waals surface area (Å²) in [6.45, 7) is 1.40. The van der Waals surface area contributed by atoms with Gasteiger partial charge < -0.3 is 15.7 Å². The highest BCUT2D eigenvalue weighted by Gasteiger charge is 1.96. The maximum Gasteiger partial charge on any atom is 0.233 e. The minimum absolute atomic E-state index is 0.0460. The summed E-state index contributed by atoms with van der Waals surface area (Å²) in [5.41, 5.74) is 0. The van der Waals surface area contributed by atoms with E-state index >= 15 is 0 Å². The van der Waals surface area contributed by atoms with E-state index in [1.165, 1.54) is 0 Å². The lowest BCUT2D eigenvalue weighted by Gasteiger charge is -2.03. The van der Waals surface area contributed by atoms with Crippen LogP contribution in [0, 0.1) is 0 Å². The van der Waals surface area contributed by atoms with Crippen molar-refractivity contribution in [3.05, 3.63) is 0 Å². The molecule has 0 unspecified atom stereocenters. The molecule has 0 heterocycles. The Morgan fingerprint density at radius 1 is 1.23 bits per heavy atom. The predicted octanol–water partition coefficient (Wildman–Crippen LogP) is -0.125. The van der Waals surface area contributed by atoms with E-state index in [4.69, 9.17) is 5.11 Å². The molecule has 0 bridgehead atoms. The van der Waals surface area contributed by atoms with Crippen LogP contribution in [0.15, 0.2) is 0 Å². The molecule has 0 saturated carbocycles. The van der Waals surface area contributed by atoms with Crippen LogP contribution in [0.5, 0.6) is 0 Å². The van der Waals surface area contributed by atoms with Crippen LogP contribution in [0.1, 0.15) is 25.7 Å². The van der Waals surface area contributed by atoms with Crippen molar-refractivity contribution < 1.29 is 9.90 Å². The minimum atomic E-state index is 0.0460. The Balaban J connectivity index is 3.02. The fourth-order valence-corrected chi connectivity index (χ4v) is 1.04. The lowest BCUT2D eigenvalue weighted by atomic mass is 10.2. The van der Waals surface area contributed by atoms with Gasteiger partial charge in [-0.15, -0.1) is 0 Å². The summed E-state index contributed by atoms with van der Waals surface area (Å²) in [5.74, 6) is 0.0460. The van der Waals surface area contributed by atoms with Crippen LogP contribution in [-0.4, -0.2) is 37.8 Å². The van der Waals surface area contributed by atoms with Gasteiger partial charge in [-0.3, -0.25) is 4.79 Å². The van der Waals surface area contributed by atoms with E-state index in [1.807, 2.05) is 0 Å². The molecule has 0 rings (SSSR count). The van der Waals surface area contributed by atoms with Crippen molar-refractivity contribution in [1.29, 1.82) is 0 Å². The molecule has 0 aliphatic rings. The molecule has 0 aromatic rings. The number of likely N-dealkylation sites (N-methyl/N-ethyl adjacent to an activating group) is 1. The van der Waals surface area contributed by atoms with Crippen molar-refractivity contribution >= 4 is 5.91 Å². The maximum absolute atomic E-state index is 10.9. The minimum Gasteiger partial charge on any atom is -0.396 e. The number of unbranched alkanes of at least 4 members (excludes halogenated alkanes) is 3. The monoisotopic (exact) mass is 188 g/mol. The summed E-state index contributed by atoms with van der Waals surface area (Å²) in [6.07, 6.45) is 3.97. The third-order valence-corrected chi connectivity index (χ3v) is 1.74. The molecule has 0 atom stereocenters. The van der Waals surface area contributed by atoms with Crippen LogP contribution in [-0.2, 0) is 4.79 Å². The molecule has 1 amide bonds. The summed E-state index contributed by atoms with van der Waals surface area (Å²) in [5, 5.41) is 14.1. The highest BCUT2D eigenvalue weighted by atomic mass is 16.2. The molecule has 3 N–H and O–H groups in total. The predicted molar refractivity (Wildman–Crippen MR) is 52.5 cm³/mol. The topological polar surface area (TPSA) is 61.4 Å². The van der Waals surface area contributed by atoms with Gasteiger partial charge in [0.05, 0.1) is 6.54 Å². The molecule has 0 spiro atoms. The summed E-state index contributed by atoms with van der Waals surface area (Å²) >= 11 is 0. The van der Waals surface area contributed by atoms with Gasteiger partial charge in [0, 0.05) is 13.2 Å². The molecule has 78 valence electrons. The quantitative estimate of drug-likeness (QED) is 0.465. The Morgan fingerprint density at radius 2 is 1.92 bits per heavy atom. The Kier molecular flexibility index (Phi) is 9.03. The van der Waals surface area contributed by atoms with Crippen molar-refractivity contribution in [3.8, 4) is 0 Å². The molecular weight excluding hydrogens is 168 g/mol. The first-order valence-electron chi connectivity index (χ1n) is 4.83. The van der Waals surface area contributed by atoms with Crippen molar-refractivity contribution in [3.63, 3.8) is 0 Å². The van der Waals surface area contributed by atoms with Gasteiger partial charge in [0.25, 0.3) is 0 Å². The van der Waals surface area contributed by atoms with Crippen LogP contribution in [0.3, 0.4) is 0 Å². The van der Waals surface area contributed by atoms with E-state index in [9.17, 15) is 4.79 Å². The summed E-state index contributed by atoms with van der Waals surface area (Å²) < 4.78 is 0. The second-order valence-electron chi connectivity index (χ2n) is 3.02. The number of hydrogen-bond donors (Lipinski definition) is 3. The number of rotatable bonds is 8. The second-order valence-corrected chi connectivity index (χ2v) is 3.02. The third-order valence-electron chi connectivity index (χ3n) is 1.74. The average Bonchev–Trinajstić information content (AvgIpc) is 2.11. The Bertz CT molecular complexity index is 129. The summed E-state index contributed by atoms with van der Waals surface area (Å²) in [4.78, 5) is 10.9. The first kappa shape index (κ1) is 12.4. The van der Waals surface area contributed by atoms with Crippen LogP contribution >= 0.6 is 0 Å². The van der Waals surface area contributed by atoms with Gasteiger partial charge in [-0.1, -0.05) is 12.8 Å². The average molecular weight is 188 g/mol. The standard InChI is InChI=1S/C9H20N2O2/c1-10-8-9(13)11-6-4-2-3-5-7-12/h10,12H,2-8H2,1H3,(H,11,13). The fraction of sp³-hybridized carbons (Fsp3) is 0.889. The molecule has 4 nitrogen and oxygen atoms in total. The fourth-order valence-electron chi connectivity index (χ4n) is 1.04. The number of carbonyl (C=O) groups is 1. The molecule has 0 aromatic carbocycles. The Morgan fingerprint density at radius 3 is 2.54 bits per heavy atom. The van der Waals surface area contributed by atoms with Crippen molar-refractivity contribution in [2.45, 2.75) is 25.7 Å². The SMILES string of the molecule is CNCC(=O)NCCCCCCO. The Hall–Kier alpha value is -0.610. The maximum atomic E-state index is 10.9. The van der Waals surface area contributed by atoms with E-state index in [1.54, 1.807) is 7.05 Å². The lowest BCUT2D eigenvalue weighted by Crippen LogP contribution is -2.32. The van der Waals surface area contributed by atoms with Gasteiger partial charge in [0.15, 0.2) is 0 Å². The zero-order chi connectivity index (χ0) is 9.94. The first-order valence-corrected chi connectivity index (χ1v) is 4.83. The van der Waals surface area contributed by atoms with Crippen LogP contribution in [0.25, 0.3) is 0 Å². The van der Waals surface area contributed by atoms with Gasteiger partial charge >= 0.3 is 0 Å². The number of aliphatic hydroxyl groups excluding tert-OH is 1. The van der Waals surface area contributed by atoms with E-state index < -0.39 is 0 Å². The third kappa shape index (κ3) is 9.30. The van der Waals surface area contributed by atoms with E-state index in [2.05, 4.69) is 10.6 Å². The van der Waals surface area contributed by atoms with Crippen molar-refractivity contribution in [2.75, 3.05) is 26.7 Å². The Labute approximate surface area is 79.7 Å². The largest absolute Gasteiger partial charge is 0.396 e. The molecule has 0 aliphatic carbocycles. The summed E-state index contributed by atoms with van der Waals surface area (Å²) in [7, 11) is 1.75. The molecule has 0 radical (unpaired) electrons. The zero-order valence-corrected chi connectivity index (χ0v) is 8.31. The van der Waals surface area contributed by atoms with Gasteiger partial charge in [-0.25, -0.2) is 0 Å². The first-order chi connectivity index (χ1) is 6.31. The van der Waals surface area contributed by atoms with Gasteiger partial charge in [-0.2, -0.15) is 0 Å². The normalized spacial score (nSPS) is 10.0. The number of hydrogen-bond acceptors (Lipinski definition) is 3. The highest BCUT2D eigenvalue weighted by molar-refractivity contribution is 5.77. The van der Waals surface area contributed by atoms with Crippen LogP contribution < -0.4 is 10.6 Å². The highest BCUT2D eigenvalue weighted by Crippen LogP contribution is 1.97. The van der Waals surface area contributed by atoms with Crippen LogP contribution in [0.4, 0.5) is 0 Å². The lowest BCUT2D eigenvalue weighted by molar-refractivity contribution is -0.120. The van der Waals surface area contributed by atoms with Crippen molar-refractivity contribution in [1.82, 2.24) is 10.6 Å². The number of nitrogens with one attached hydrogen (secondary N) is 2. The molecule has 0 aliphatic heterocycles. The van der Waals surface area contributed by atoms with Crippen LogP contribution in [0.2, 0.25) is 0 Å². The molecule has 0 saturated heterocycles. The second kappa shape index (κ2) is 9.48. The van der Waals surface area contributed by atoms with Gasteiger partial charge in [0.2, 0.25) is 5.91 Å². The molecule has 0 fully saturated rings. The van der Waals surface area contributed by atoms with Gasteiger partial charge in [0.1, 0.15) is 0 Å². The van der Waals surface area contributed by atoms with Gasteiger partial charge in [-0.05, 0) is 19.9 Å². The van der Waals surface area contributed by atoms with E-state index in [0.717, 1.165) is 32.2 Å².